The first-order valence-electron chi connectivity index (χ1n) is 5.90. The average Bonchev–Trinajstić information content (AvgIpc) is 2.45. The number of benzene rings is 2. The third-order valence-electron chi connectivity index (χ3n) is 2.88. The zero-order valence-electron chi connectivity index (χ0n) is 11.0. The number of nitrogens with zero attached hydrogens (tertiary/aromatic N) is 2. The minimum Gasteiger partial charge on any atom is -0.508 e. The number of non-ortho nitro benzene ring substituents is 1. The van der Waals surface area contributed by atoms with Crippen LogP contribution in [0.4, 0.5) is 15.8 Å². The van der Waals surface area contributed by atoms with E-state index in [9.17, 15) is 24.4 Å². The van der Waals surface area contributed by atoms with Gasteiger partial charge in [-0.1, -0.05) is 0 Å². The fourth-order valence-electron chi connectivity index (χ4n) is 1.79. The molecule has 1 N–H and O–H groups in total. The zero-order valence-corrected chi connectivity index (χ0v) is 11.0. The molecule has 2 aromatic carbocycles. The number of carbonyl (C=O) groups is 1. The van der Waals surface area contributed by atoms with Gasteiger partial charge >= 0.3 is 0 Å². The largest absolute Gasteiger partial charge is 0.508 e. The highest BCUT2D eigenvalue weighted by Gasteiger charge is 2.18. The van der Waals surface area contributed by atoms with E-state index in [0.717, 1.165) is 18.2 Å². The second-order valence-electron chi connectivity index (χ2n) is 4.34. The van der Waals surface area contributed by atoms with Gasteiger partial charge in [0.25, 0.3) is 11.6 Å². The summed E-state index contributed by atoms with van der Waals surface area (Å²) in [6, 6.07) is 8.49. The van der Waals surface area contributed by atoms with Crippen molar-refractivity contribution in [2.75, 3.05) is 11.9 Å². The maximum atomic E-state index is 13.4. The van der Waals surface area contributed by atoms with Crippen LogP contribution in [-0.4, -0.2) is 23.0 Å². The minimum absolute atomic E-state index is 0.0426. The molecule has 0 saturated carbocycles. The van der Waals surface area contributed by atoms with E-state index >= 15 is 0 Å². The zero-order chi connectivity index (χ0) is 15.6. The lowest BCUT2D eigenvalue weighted by Gasteiger charge is -2.17. The second-order valence-corrected chi connectivity index (χ2v) is 4.34. The molecule has 0 saturated heterocycles. The van der Waals surface area contributed by atoms with Gasteiger partial charge in [-0.2, -0.15) is 0 Å². The first kappa shape index (κ1) is 14.4. The number of phenolic OH excluding ortho intramolecular Hbond substituents is 1. The molecule has 1 amide bonds. The van der Waals surface area contributed by atoms with Gasteiger partial charge in [0.1, 0.15) is 11.6 Å². The predicted molar refractivity (Wildman–Crippen MR) is 73.9 cm³/mol. The van der Waals surface area contributed by atoms with Crippen LogP contribution in [0.5, 0.6) is 5.75 Å². The molecular formula is C14H11FN2O4. The highest BCUT2D eigenvalue weighted by Crippen LogP contribution is 2.22. The number of nitro groups is 1. The number of hydrogen-bond acceptors (Lipinski definition) is 4. The molecule has 0 fully saturated rings. The Bertz CT molecular complexity index is 701. The molecule has 0 aliphatic heterocycles. The van der Waals surface area contributed by atoms with Crippen LogP contribution in [0.1, 0.15) is 10.4 Å². The van der Waals surface area contributed by atoms with E-state index in [1.165, 1.54) is 36.2 Å². The van der Waals surface area contributed by atoms with E-state index in [1.807, 2.05) is 0 Å². The van der Waals surface area contributed by atoms with Gasteiger partial charge in [0.15, 0.2) is 0 Å². The SMILES string of the molecule is CN(C(=O)c1cc(F)cc([N+](=O)[O-])c1)c1ccc(O)cc1. The molecule has 108 valence electrons. The monoisotopic (exact) mass is 290 g/mol. The molecule has 0 aliphatic carbocycles. The standard InChI is InChI=1S/C14H11FN2O4/c1-16(11-2-4-13(18)5-3-11)14(19)9-6-10(15)8-12(7-9)17(20)21/h2-8,18H,1H3. The summed E-state index contributed by atoms with van der Waals surface area (Å²) in [7, 11) is 1.45. The molecule has 0 atom stereocenters. The molecule has 0 unspecified atom stereocenters. The van der Waals surface area contributed by atoms with Crippen molar-refractivity contribution < 1.29 is 19.2 Å². The van der Waals surface area contributed by atoms with Crippen molar-refractivity contribution in [3.05, 3.63) is 64.0 Å². The molecule has 0 radical (unpaired) electrons. The molecule has 0 spiro atoms. The van der Waals surface area contributed by atoms with Crippen LogP contribution < -0.4 is 4.90 Å². The van der Waals surface area contributed by atoms with Crippen molar-refractivity contribution in [1.29, 1.82) is 0 Å². The smallest absolute Gasteiger partial charge is 0.273 e. The summed E-state index contributed by atoms with van der Waals surface area (Å²) in [5, 5.41) is 19.9. The van der Waals surface area contributed by atoms with E-state index in [4.69, 9.17) is 0 Å². The summed E-state index contributed by atoms with van der Waals surface area (Å²) >= 11 is 0. The van der Waals surface area contributed by atoms with E-state index < -0.39 is 22.3 Å². The fraction of sp³-hybridized carbons (Fsp3) is 0.0714. The van der Waals surface area contributed by atoms with Gasteiger partial charge in [0.2, 0.25) is 0 Å². The van der Waals surface area contributed by atoms with Crippen LogP contribution in [0, 0.1) is 15.9 Å². The number of phenols is 1. The van der Waals surface area contributed by atoms with E-state index in [0.29, 0.717) is 5.69 Å². The number of halogens is 1. The molecule has 0 heterocycles. The lowest BCUT2D eigenvalue weighted by Crippen LogP contribution is -2.26. The van der Waals surface area contributed by atoms with Crippen LogP contribution in [0.3, 0.4) is 0 Å². The third-order valence-corrected chi connectivity index (χ3v) is 2.88. The van der Waals surface area contributed by atoms with Crippen LogP contribution in [0.2, 0.25) is 0 Å². The normalized spacial score (nSPS) is 10.2. The van der Waals surface area contributed by atoms with Gasteiger partial charge in [-0.25, -0.2) is 4.39 Å². The van der Waals surface area contributed by atoms with Crippen LogP contribution in [0.15, 0.2) is 42.5 Å². The Morgan fingerprint density at radius 3 is 2.43 bits per heavy atom. The van der Waals surface area contributed by atoms with Gasteiger partial charge in [-0.05, 0) is 30.3 Å². The Kier molecular flexibility index (Phi) is 3.84. The molecule has 21 heavy (non-hydrogen) atoms. The lowest BCUT2D eigenvalue weighted by atomic mass is 10.1. The van der Waals surface area contributed by atoms with Gasteiger partial charge in [-0.15, -0.1) is 0 Å². The van der Waals surface area contributed by atoms with E-state index in [1.54, 1.807) is 0 Å². The quantitative estimate of drug-likeness (QED) is 0.695. The Balaban J connectivity index is 2.35. The van der Waals surface area contributed by atoms with E-state index in [-0.39, 0.29) is 11.3 Å². The summed E-state index contributed by atoms with van der Waals surface area (Å²) in [5.41, 5.74) is -0.153. The number of rotatable bonds is 3. The molecule has 0 bridgehead atoms. The number of anilines is 1. The predicted octanol–water partition coefficient (Wildman–Crippen LogP) is 2.72. The summed E-state index contributed by atoms with van der Waals surface area (Å²) < 4.78 is 13.4. The number of hydrogen-bond donors (Lipinski definition) is 1. The molecule has 7 heteroatoms. The van der Waals surface area contributed by atoms with E-state index in [2.05, 4.69) is 0 Å². The Morgan fingerprint density at radius 2 is 1.86 bits per heavy atom. The molecule has 6 nitrogen and oxygen atoms in total. The number of aromatic hydroxyl groups is 1. The summed E-state index contributed by atoms with van der Waals surface area (Å²) in [6.07, 6.45) is 0. The van der Waals surface area contributed by atoms with Gasteiger partial charge in [0.05, 0.1) is 11.0 Å². The number of amides is 1. The van der Waals surface area contributed by atoms with Crippen molar-refractivity contribution >= 4 is 17.3 Å². The average molecular weight is 290 g/mol. The molecule has 0 aliphatic rings. The molecule has 2 rings (SSSR count). The summed E-state index contributed by atoms with van der Waals surface area (Å²) in [5.74, 6) is -1.41. The molecular weight excluding hydrogens is 279 g/mol. The molecule has 0 aromatic heterocycles. The van der Waals surface area contributed by atoms with Gasteiger partial charge < -0.3 is 10.0 Å². The third kappa shape index (κ3) is 3.14. The molecule has 2 aromatic rings. The van der Waals surface area contributed by atoms with Crippen molar-refractivity contribution in [1.82, 2.24) is 0 Å². The fourth-order valence-corrected chi connectivity index (χ4v) is 1.79. The first-order valence-corrected chi connectivity index (χ1v) is 5.90. The van der Waals surface area contributed by atoms with Gasteiger partial charge in [-0.3, -0.25) is 14.9 Å². The van der Waals surface area contributed by atoms with Crippen molar-refractivity contribution in [3.63, 3.8) is 0 Å². The minimum atomic E-state index is -0.855. The van der Waals surface area contributed by atoms with Crippen molar-refractivity contribution in [2.24, 2.45) is 0 Å². The van der Waals surface area contributed by atoms with Crippen LogP contribution >= 0.6 is 0 Å². The van der Waals surface area contributed by atoms with Crippen molar-refractivity contribution in [2.45, 2.75) is 0 Å². The highest BCUT2D eigenvalue weighted by atomic mass is 19.1. The lowest BCUT2D eigenvalue weighted by molar-refractivity contribution is -0.385. The number of nitro benzene ring substituents is 1. The Morgan fingerprint density at radius 1 is 1.24 bits per heavy atom. The summed E-state index contributed by atoms with van der Waals surface area (Å²) in [6.45, 7) is 0. The van der Waals surface area contributed by atoms with Gasteiger partial charge in [0, 0.05) is 24.4 Å². The maximum absolute atomic E-state index is 13.4. The Hall–Kier alpha value is -2.96. The Labute approximate surface area is 119 Å². The summed E-state index contributed by atoms with van der Waals surface area (Å²) in [4.78, 5) is 23.4. The highest BCUT2D eigenvalue weighted by molar-refractivity contribution is 6.06. The van der Waals surface area contributed by atoms with Crippen molar-refractivity contribution in [3.8, 4) is 5.75 Å². The topological polar surface area (TPSA) is 83.7 Å². The maximum Gasteiger partial charge on any atom is 0.273 e. The van der Waals surface area contributed by atoms with Crippen LogP contribution in [0.25, 0.3) is 0 Å². The second kappa shape index (κ2) is 5.58. The number of carbonyl (C=O) groups excluding carboxylic acids is 1. The van der Waals surface area contributed by atoms with Crippen LogP contribution in [-0.2, 0) is 0 Å². The first-order chi connectivity index (χ1) is 9.88.